The highest BCUT2D eigenvalue weighted by Crippen LogP contribution is 2.29. The van der Waals surface area contributed by atoms with Crippen molar-refractivity contribution in [2.75, 3.05) is 6.54 Å². The molecule has 0 saturated carbocycles. The fourth-order valence-corrected chi connectivity index (χ4v) is 2.30. The van der Waals surface area contributed by atoms with Crippen LogP contribution < -0.4 is 10.1 Å². The lowest BCUT2D eigenvalue weighted by Crippen LogP contribution is -2.14. The van der Waals surface area contributed by atoms with Crippen LogP contribution in [-0.4, -0.2) is 11.7 Å². The van der Waals surface area contributed by atoms with E-state index in [4.69, 9.17) is 16.3 Å². The van der Waals surface area contributed by atoms with Gasteiger partial charge in [-0.25, -0.2) is 0 Å². The molecule has 0 heterocycles. The van der Waals surface area contributed by atoms with Crippen LogP contribution in [0.1, 0.15) is 24.5 Å². The van der Waals surface area contributed by atoms with Crippen molar-refractivity contribution in [2.24, 2.45) is 0 Å². The Kier molecular flexibility index (Phi) is 5.90. The van der Waals surface area contributed by atoms with E-state index in [2.05, 4.69) is 12.2 Å². The summed E-state index contributed by atoms with van der Waals surface area (Å²) in [5, 5.41) is 13.4. The van der Waals surface area contributed by atoms with Crippen molar-refractivity contribution in [1.82, 2.24) is 5.32 Å². The summed E-state index contributed by atoms with van der Waals surface area (Å²) >= 11 is 6.24. The molecule has 0 aliphatic heterocycles. The van der Waals surface area contributed by atoms with E-state index in [9.17, 15) is 5.11 Å². The van der Waals surface area contributed by atoms with E-state index in [0.29, 0.717) is 17.4 Å². The number of rotatable bonds is 7. The largest absolute Gasteiger partial charge is 0.508 e. The van der Waals surface area contributed by atoms with Crippen molar-refractivity contribution in [3.05, 3.63) is 58.6 Å². The molecule has 21 heavy (non-hydrogen) atoms. The van der Waals surface area contributed by atoms with Gasteiger partial charge in [0, 0.05) is 12.1 Å². The lowest BCUT2D eigenvalue weighted by molar-refractivity contribution is 0.301. The average Bonchev–Trinajstić information content (AvgIpc) is 2.47. The number of hydrogen-bond donors (Lipinski definition) is 2. The number of nitrogens with one attached hydrogen (secondary N) is 1. The van der Waals surface area contributed by atoms with Crippen molar-refractivity contribution in [2.45, 2.75) is 26.5 Å². The predicted molar refractivity (Wildman–Crippen MR) is 85.9 cm³/mol. The van der Waals surface area contributed by atoms with Gasteiger partial charge in [0.05, 0.1) is 5.02 Å². The lowest BCUT2D eigenvalue weighted by Gasteiger charge is -2.14. The number of benzene rings is 2. The highest BCUT2D eigenvalue weighted by atomic mass is 35.5. The first-order valence-electron chi connectivity index (χ1n) is 7.09. The van der Waals surface area contributed by atoms with Gasteiger partial charge in [-0.3, -0.25) is 0 Å². The molecule has 0 unspecified atom stereocenters. The second-order valence-corrected chi connectivity index (χ2v) is 5.27. The van der Waals surface area contributed by atoms with E-state index in [1.807, 2.05) is 24.3 Å². The summed E-state index contributed by atoms with van der Waals surface area (Å²) in [4.78, 5) is 0. The molecule has 0 aliphatic carbocycles. The Hall–Kier alpha value is -1.71. The van der Waals surface area contributed by atoms with Gasteiger partial charge >= 0.3 is 0 Å². The molecule has 2 N–H and O–H groups in total. The summed E-state index contributed by atoms with van der Waals surface area (Å²) in [6.07, 6.45) is 1.08. The highest BCUT2D eigenvalue weighted by molar-refractivity contribution is 6.32. The molecule has 0 aliphatic rings. The molecule has 2 rings (SSSR count). The van der Waals surface area contributed by atoms with Crippen LogP contribution >= 0.6 is 11.6 Å². The number of ether oxygens (including phenoxy) is 1. The molecule has 0 aromatic heterocycles. The summed E-state index contributed by atoms with van der Waals surface area (Å²) in [6.45, 7) is 4.19. The van der Waals surface area contributed by atoms with Crippen molar-refractivity contribution in [1.29, 1.82) is 0 Å². The van der Waals surface area contributed by atoms with E-state index in [1.165, 1.54) is 0 Å². The first-order chi connectivity index (χ1) is 10.2. The topological polar surface area (TPSA) is 41.5 Å². The Bertz CT molecular complexity index is 587. The second kappa shape index (κ2) is 7.91. The Balaban J connectivity index is 2.07. The molecule has 0 radical (unpaired) electrons. The Morgan fingerprint density at radius 3 is 2.76 bits per heavy atom. The number of para-hydroxylation sites is 1. The SMILES string of the molecule is CCCNCc1cccc(Cl)c1OCc1cccc(O)c1. The van der Waals surface area contributed by atoms with Crippen LogP contribution in [0, 0.1) is 0 Å². The quantitative estimate of drug-likeness (QED) is 0.756. The maximum Gasteiger partial charge on any atom is 0.142 e. The number of halogens is 1. The van der Waals surface area contributed by atoms with Crippen molar-refractivity contribution in [3.63, 3.8) is 0 Å². The third kappa shape index (κ3) is 4.66. The molecule has 0 spiro atoms. The number of aromatic hydroxyl groups is 1. The summed E-state index contributed by atoms with van der Waals surface area (Å²) in [5.74, 6) is 0.936. The molecule has 0 bridgehead atoms. The number of hydrogen-bond acceptors (Lipinski definition) is 3. The van der Waals surface area contributed by atoms with Gasteiger partial charge in [-0.05, 0) is 36.7 Å². The smallest absolute Gasteiger partial charge is 0.142 e. The first-order valence-corrected chi connectivity index (χ1v) is 7.47. The van der Waals surface area contributed by atoms with E-state index in [0.717, 1.165) is 30.6 Å². The zero-order chi connectivity index (χ0) is 15.1. The molecule has 2 aromatic carbocycles. The van der Waals surface area contributed by atoms with Gasteiger partial charge in [-0.1, -0.05) is 42.8 Å². The molecular formula is C17H20ClNO2. The molecular weight excluding hydrogens is 286 g/mol. The van der Waals surface area contributed by atoms with Gasteiger partial charge < -0.3 is 15.2 Å². The van der Waals surface area contributed by atoms with Gasteiger partial charge in [-0.2, -0.15) is 0 Å². The monoisotopic (exact) mass is 305 g/mol. The van der Waals surface area contributed by atoms with Gasteiger partial charge in [0.15, 0.2) is 0 Å². The molecule has 2 aromatic rings. The maximum atomic E-state index is 9.47. The lowest BCUT2D eigenvalue weighted by atomic mass is 10.2. The minimum atomic E-state index is 0.236. The molecule has 0 atom stereocenters. The molecule has 112 valence electrons. The van der Waals surface area contributed by atoms with Gasteiger partial charge in [0.1, 0.15) is 18.1 Å². The fourth-order valence-electron chi connectivity index (χ4n) is 2.06. The van der Waals surface area contributed by atoms with Crippen LogP contribution in [0.3, 0.4) is 0 Å². The predicted octanol–water partition coefficient (Wildman–Crippen LogP) is 4.12. The van der Waals surface area contributed by atoms with Crippen molar-refractivity contribution in [3.8, 4) is 11.5 Å². The molecule has 0 amide bonds. The minimum Gasteiger partial charge on any atom is -0.508 e. The van der Waals surface area contributed by atoms with Gasteiger partial charge in [0.2, 0.25) is 0 Å². The zero-order valence-corrected chi connectivity index (χ0v) is 12.9. The average molecular weight is 306 g/mol. The Labute approximate surface area is 130 Å². The van der Waals surface area contributed by atoms with Crippen LogP contribution in [0.25, 0.3) is 0 Å². The van der Waals surface area contributed by atoms with E-state index in [-0.39, 0.29) is 5.75 Å². The molecule has 3 nitrogen and oxygen atoms in total. The van der Waals surface area contributed by atoms with E-state index in [1.54, 1.807) is 18.2 Å². The third-order valence-corrected chi connectivity index (χ3v) is 3.38. The Morgan fingerprint density at radius 2 is 2.00 bits per heavy atom. The molecule has 0 fully saturated rings. The highest BCUT2D eigenvalue weighted by Gasteiger charge is 2.08. The molecule has 4 heteroatoms. The molecule has 0 saturated heterocycles. The zero-order valence-electron chi connectivity index (χ0n) is 12.1. The number of phenolic OH excluding ortho intramolecular Hbond substituents is 1. The van der Waals surface area contributed by atoms with Crippen LogP contribution in [0.5, 0.6) is 11.5 Å². The van der Waals surface area contributed by atoms with Crippen LogP contribution in [0.4, 0.5) is 0 Å². The van der Waals surface area contributed by atoms with Gasteiger partial charge in [0.25, 0.3) is 0 Å². The number of phenols is 1. The van der Waals surface area contributed by atoms with Crippen LogP contribution in [-0.2, 0) is 13.2 Å². The van der Waals surface area contributed by atoms with E-state index >= 15 is 0 Å². The summed E-state index contributed by atoms with van der Waals surface area (Å²) < 4.78 is 5.86. The second-order valence-electron chi connectivity index (χ2n) is 4.86. The first kappa shape index (κ1) is 15.7. The van der Waals surface area contributed by atoms with Crippen molar-refractivity contribution >= 4 is 11.6 Å². The van der Waals surface area contributed by atoms with Crippen molar-refractivity contribution < 1.29 is 9.84 Å². The van der Waals surface area contributed by atoms with Crippen LogP contribution in [0.2, 0.25) is 5.02 Å². The Morgan fingerprint density at radius 1 is 1.19 bits per heavy atom. The normalized spacial score (nSPS) is 10.6. The van der Waals surface area contributed by atoms with Crippen LogP contribution in [0.15, 0.2) is 42.5 Å². The maximum absolute atomic E-state index is 9.47. The summed E-state index contributed by atoms with van der Waals surface area (Å²) in [5.41, 5.74) is 1.94. The summed E-state index contributed by atoms with van der Waals surface area (Å²) in [6, 6.07) is 12.8. The van der Waals surface area contributed by atoms with E-state index < -0.39 is 0 Å². The third-order valence-electron chi connectivity index (χ3n) is 3.08. The summed E-state index contributed by atoms with van der Waals surface area (Å²) in [7, 11) is 0. The standard InChI is InChI=1S/C17H20ClNO2/c1-2-9-19-11-14-6-4-8-16(18)17(14)21-12-13-5-3-7-15(20)10-13/h3-8,10,19-20H,2,9,11-12H2,1H3. The fraction of sp³-hybridized carbons (Fsp3) is 0.294. The van der Waals surface area contributed by atoms with Gasteiger partial charge in [-0.15, -0.1) is 0 Å². The minimum absolute atomic E-state index is 0.236.